The lowest BCUT2D eigenvalue weighted by Crippen LogP contribution is -1.86. The highest BCUT2D eigenvalue weighted by Crippen LogP contribution is 1.90. The molecule has 10 heavy (non-hydrogen) atoms. The Bertz CT molecular complexity index is 146. The van der Waals surface area contributed by atoms with E-state index in [0.29, 0.717) is 0 Å². The van der Waals surface area contributed by atoms with Crippen LogP contribution in [-0.4, -0.2) is 10.2 Å². The second kappa shape index (κ2) is 4.91. The van der Waals surface area contributed by atoms with Gasteiger partial charge in [0.1, 0.15) is 0 Å². The summed E-state index contributed by atoms with van der Waals surface area (Å²) in [6, 6.07) is 3.89. The Labute approximate surface area is 62.3 Å². The molecule has 0 aliphatic carbocycles. The zero-order chi connectivity index (χ0) is 7.98. The highest BCUT2D eigenvalue weighted by Gasteiger charge is 1.82. The minimum Gasteiger partial charge on any atom is -0.156 e. The van der Waals surface area contributed by atoms with E-state index < -0.39 is 0 Å². The van der Waals surface area contributed by atoms with E-state index >= 15 is 0 Å². The molecule has 1 aromatic rings. The van der Waals surface area contributed by atoms with Gasteiger partial charge >= 0.3 is 0 Å². The minimum atomic E-state index is 0.968. The summed E-state index contributed by atoms with van der Waals surface area (Å²) in [6.45, 7) is 7.85. The minimum absolute atomic E-state index is 0.968. The normalized spacial score (nSPS) is 8.00. The average molecular weight is 138 g/mol. The van der Waals surface area contributed by atoms with Gasteiger partial charge in [0.25, 0.3) is 0 Å². The summed E-state index contributed by atoms with van der Waals surface area (Å²) in [5.74, 6) is 0. The molecule has 0 aliphatic rings. The summed E-state index contributed by atoms with van der Waals surface area (Å²) >= 11 is 0. The zero-order valence-corrected chi connectivity index (χ0v) is 7.05. The monoisotopic (exact) mass is 138 g/mol. The van der Waals surface area contributed by atoms with Gasteiger partial charge in [-0.3, -0.25) is 0 Å². The van der Waals surface area contributed by atoms with Crippen molar-refractivity contribution < 1.29 is 0 Å². The van der Waals surface area contributed by atoms with Crippen LogP contribution < -0.4 is 0 Å². The lowest BCUT2D eigenvalue weighted by Gasteiger charge is -1.87. The summed E-state index contributed by atoms with van der Waals surface area (Å²) in [5, 5.41) is 7.66. The fraction of sp³-hybridized carbons (Fsp3) is 0.500. The molecule has 0 unspecified atom stereocenters. The first kappa shape index (κ1) is 9.08. The van der Waals surface area contributed by atoms with Crippen molar-refractivity contribution in [2.45, 2.75) is 27.7 Å². The predicted molar refractivity (Wildman–Crippen MR) is 42.9 cm³/mol. The van der Waals surface area contributed by atoms with E-state index in [1.165, 1.54) is 0 Å². The molecule has 0 aliphatic heterocycles. The summed E-state index contributed by atoms with van der Waals surface area (Å²) < 4.78 is 0. The van der Waals surface area contributed by atoms with Gasteiger partial charge in [0, 0.05) is 0 Å². The van der Waals surface area contributed by atoms with Crippen molar-refractivity contribution in [3.63, 3.8) is 0 Å². The van der Waals surface area contributed by atoms with Gasteiger partial charge in [-0.25, -0.2) is 0 Å². The molecule has 1 heterocycles. The molecule has 2 nitrogen and oxygen atoms in total. The zero-order valence-electron chi connectivity index (χ0n) is 7.05. The van der Waals surface area contributed by atoms with E-state index in [1.807, 2.05) is 39.8 Å². The van der Waals surface area contributed by atoms with Crippen molar-refractivity contribution in [1.29, 1.82) is 0 Å². The molecule has 0 radical (unpaired) electrons. The van der Waals surface area contributed by atoms with Gasteiger partial charge in [0.15, 0.2) is 0 Å². The predicted octanol–water partition coefficient (Wildman–Crippen LogP) is 2.12. The van der Waals surface area contributed by atoms with Crippen LogP contribution in [0.5, 0.6) is 0 Å². The maximum atomic E-state index is 3.83. The highest BCUT2D eigenvalue weighted by atomic mass is 15.1. The second-order valence-electron chi connectivity index (χ2n) is 1.82. The molecule has 2 heteroatoms. The van der Waals surface area contributed by atoms with E-state index in [-0.39, 0.29) is 0 Å². The number of nitrogens with zero attached hydrogens (tertiary/aromatic N) is 2. The molecule has 0 saturated heterocycles. The quantitative estimate of drug-likeness (QED) is 0.548. The first-order valence-corrected chi connectivity index (χ1v) is 3.56. The van der Waals surface area contributed by atoms with Crippen LogP contribution in [0.3, 0.4) is 0 Å². The standard InChI is InChI=1S/C6H8N2.C2H6/c1-5-3-4-6(2)8-7-5;1-2/h3-4H,1-2H3;1-2H3. The van der Waals surface area contributed by atoms with Crippen molar-refractivity contribution in [3.8, 4) is 0 Å². The molecule has 0 bridgehead atoms. The molecule has 0 spiro atoms. The van der Waals surface area contributed by atoms with Crippen LogP contribution >= 0.6 is 0 Å². The van der Waals surface area contributed by atoms with Crippen LogP contribution in [0.4, 0.5) is 0 Å². The van der Waals surface area contributed by atoms with Crippen LogP contribution in [0.15, 0.2) is 12.1 Å². The average Bonchev–Trinajstić information content (AvgIpc) is 2.00. The van der Waals surface area contributed by atoms with Crippen LogP contribution in [0.2, 0.25) is 0 Å². The molecule has 1 rings (SSSR count). The third kappa shape index (κ3) is 3.17. The van der Waals surface area contributed by atoms with Gasteiger partial charge < -0.3 is 0 Å². The maximum Gasteiger partial charge on any atom is 0.0600 e. The topological polar surface area (TPSA) is 25.8 Å². The first-order valence-electron chi connectivity index (χ1n) is 3.56. The SMILES string of the molecule is CC.Cc1ccc(C)nn1. The van der Waals surface area contributed by atoms with Gasteiger partial charge in [0.2, 0.25) is 0 Å². The molecule has 56 valence electrons. The van der Waals surface area contributed by atoms with Crippen molar-refractivity contribution in [3.05, 3.63) is 23.5 Å². The molecule has 0 fully saturated rings. The number of aromatic nitrogens is 2. The summed E-state index contributed by atoms with van der Waals surface area (Å²) in [6.07, 6.45) is 0. The van der Waals surface area contributed by atoms with E-state index in [0.717, 1.165) is 11.4 Å². The Kier molecular flexibility index (Phi) is 4.46. The van der Waals surface area contributed by atoms with Gasteiger partial charge in [-0.1, -0.05) is 13.8 Å². The molecule has 0 amide bonds. The van der Waals surface area contributed by atoms with Crippen LogP contribution in [0, 0.1) is 13.8 Å². The molecule has 0 N–H and O–H groups in total. The summed E-state index contributed by atoms with van der Waals surface area (Å²) in [4.78, 5) is 0. The lowest BCUT2D eigenvalue weighted by atomic mass is 10.4. The van der Waals surface area contributed by atoms with E-state index in [9.17, 15) is 0 Å². The maximum absolute atomic E-state index is 3.83. The molecule has 0 aromatic carbocycles. The third-order valence-corrected chi connectivity index (χ3v) is 0.931. The summed E-state index contributed by atoms with van der Waals surface area (Å²) in [7, 11) is 0. The summed E-state index contributed by atoms with van der Waals surface area (Å²) in [5.41, 5.74) is 1.94. The number of aryl methyl sites for hydroxylation is 2. The van der Waals surface area contributed by atoms with E-state index in [2.05, 4.69) is 10.2 Å². The van der Waals surface area contributed by atoms with Crippen LogP contribution in [0.1, 0.15) is 25.2 Å². The third-order valence-electron chi connectivity index (χ3n) is 0.931. The fourth-order valence-electron chi connectivity index (χ4n) is 0.466. The van der Waals surface area contributed by atoms with Gasteiger partial charge in [0.05, 0.1) is 11.4 Å². The van der Waals surface area contributed by atoms with Gasteiger partial charge in [-0.15, -0.1) is 0 Å². The van der Waals surface area contributed by atoms with E-state index in [1.54, 1.807) is 0 Å². The molecule has 1 aromatic heterocycles. The van der Waals surface area contributed by atoms with Crippen molar-refractivity contribution >= 4 is 0 Å². The van der Waals surface area contributed by atoms with Gasteiger partial charge in [-0.05, 0) is 26.0 Å². The Hall–Kier alpha value is -0.920. The lowest BCUT2D eigenvalue weighted by molar-refractivity contribution is 0.941. The second-order valence-corrected chi connectivity index (χ2v) is 1.82. The van der Waals surface area contributed by atoms with Crippen molar-refractivity contribution in [1.82, 2.24) is 10.2 Å². The van der Waals surface area contributed by atoms with E-state index in [4.69, 9.17) is 0 Å². The molecule has 0 saturated carbocycles. The Balaban J connectivity index is 0.000000371. The van der Waals surface area contributed by atoms with Gasteiger partial charge in [-0.2, -0.15) is 10.2 Å². The number of hydrogen-bond acceptors (Lipinski definition) is 2. The van der Waals surface area contributed by atoms with Crippen LogP contribution in [0.25, 0.3) is 0 Å². The molecular formula is C8H14N2. The number of hydrogen-bond donors (Lipinski definition) is 0. The Morgan fingerprint density at radius 1 is 0.900 bits per heavy atom. The first-order chi connectivity index (χ1) is 4.79. The molecule has 0 atom stereocenters. The van der Waals surface area contributed by atoms with Crippen LogP contribution in [-0.2, 0) is 0 Å². The highest BCUT2D eigenvalue weighted by molar-refractivity contribution is 5.02. The Morgan fingerprint density at radius 3 is 1.40 bits per heavy atom. The molecular weight excluding hydrogens is 124 g/mol. The Morgan fingerprint density at radius 2 is 1.20 bits per heavy atom. The number of rotatable bonds is 0. The smallest absolute Gasteiger partial charge is 0.0600 e. The van der Waals surface area contributed by atoms with Crippen molar-refractivity contribution in [2.24, 2.45) is 0 Å². The van der Waals surface area contributed by atoms with Crippen molar-refractivity contribution in [2.75, 3.05) is 0 Å². The fourth-order valence-corrected chi connectivity index (χ4v) is 0.466. The largest absolute Gasteiger partial charge is 0.156 e.